The molecule has 3 nitrogen and oxygen atoms in total. The van der Waals surface area contributed by atoms with E-state index in [4.69, 9.17) is 4.42 Å². The molecule has 0 aliphatic rings. The lowest BCUT2D eigenvalue weighted by atomic mass is 10.4. The number of hydrogen-bond acceptors (Lipinski definition) is 2. The second-order valence-corrected chi connectivity index (χ2v) is 3.15. The van der Waals surface area contributed by atoms with Crippen LogP contribution in [0.15, 0.2) is 21.2 Å². The summed E-state index contributed by atoms with van der Waals surface area (Å²) in [6.07, 6.45) is 1.47. The number of carbonyl (C=O) groups excluding carboxylic acids is 1. The first-order valence-electron chi connectivity index (χ1n) is 3.07. The van der Waals surface area contributed by atoms with E-state index in [1.807, 2.05) is 0 Å². The molecule has 0 aliphatic carbocycles. The van der Waals surface area contributed by atoms with Gasteiger partial charge in [-0.25, -0.2) is 0 Å². The topological polar surface area (TPSA) is 33.5 Å². The van der Waals surface area contributed by atoms with E-state index in [1.165, 1.54) is 11.2 Å². The molecule has 0 aromatic carbocycles. The monoisotopic (exact) mass is 217 g/mol. The van der Waals surface area contributed by atoms with Crippen molar-refractivity contribution in [3.05, 3.63) is 22.6 Å². The van der Waals surface area contributed by atoms with Gasteiger partial charge >= 0.3 is 0 Å². The minimum absolute atomic E-state index is 0.137. The maximum atomic E-state index is 11.2. The summed E-state index contributed by atoms with van der Waals surface area (Å²) in [7, 11) is 3.36. The summed E-state index contributed by atoms with van der Waals surface area (Å²) in [5.74, 6) is 0.205. The number of rotatable bonds is 1. The number of amides is 1. The molecule has 0 bridgehead atoms. The fourth-order valence-corrected chi connectivity index (χ4v) is 1.02. The van der Waals surface area contributed by atoms with Crippen LogP contribution in [0.3, 0.4) is 0 Å². The van der Waals surface area contributed by atoms with Crippen LogP contribution in [0.5, 0.6) is 0 Å². The molecule has 0 spiro atoms. The van der Waals surface area contributed by atoms with Crippen molar-refractivity contribution in [2.45, 2.75) is 0 Å². The van der Waals surface area contributed by atoms with Crippen molar-refractivity contribution in [1.29, 1.82) is 0 Å². The predicted molar refractivity (Wildman–Crippen MR) is 44.4 cm³/mol. The van der Waals surface area contributed by atoms with Crippen LogP contribution in [0.1, 0.15) is 10.6 Å². The summed E-state index contributed by atoms with van der Waals surface area (Å²) in [5.41, 5.74) is 0. The minimum Gasteiger partial charge on any atom is -0.458 e. The van der Waals surface area contributed by atoms with Crippen LogP contribution in [-0.4, -0.2) is 24.9 Å². The number of nitrogens with zero attached hydrogens (tertiary/aromatic N) is 1. The van der Waals surface area contributed by atoms with Gasteiger partial charge in [-0.3, -0.25) is 4.79 Å². The first-order chi connectivity index (χ1) is 5.13. The Bertz CT molecular complexity index is 267. The number of halogens is 1. The molecule has 0 saturated carbocycles. The molecule has 11 heavy (non-hydrogen) atoms. The van der Waals surface area contributed by atoms with E-state index in [1.54, 1.807) is 20.2 Å². The highest BCUT2D eigenvalue weighted by molar-refractivity contribution is 9.10. The van der Waals surface area contributed by atoms with Crippen molar-refractivity contribution >= 4 is 21.8 Å². The molecule has 60 valence electrons. The van der Waals surface area contributed by atoms with Gasteiger partial charge in [0.2, 0.25) is 5.76 Å². The molecular weight excluding hydrogens is 210 g/mol. The van der Waals surface area contributed by atoms with Gasteiger partial charge in [-0.2, -0.15) is 0 Å². The largest absolute Gasteiger partial charge is 0.458 e. The molecule has 0 fully saturated rings. The third kappa shape index (κ3) is 1.63. The van der Waals surface area contributed by atoms with Gasteiger partial charge in [0.25, 0.3) is 5.91 Å². The molecule has 0 atom stereocenters. The van der Waals surface area contributed by atoms with Gasteiger partial charge in [0.1, 0.15) is 0 Å². The highest BCUT2D eigenvalue weighted by Crippen LogP contribution is 2.18. The molecule has 1 amide bonds. The number of hydrogen-bond donors (Lipinski definition) is 0. The van der Waals surface area contributed by atoms with E-state index in [-0.39, 0.29) is 5.91 Å². The summed E-state index contributed by atoms with van der Waals surface area (Å²) < 4.78 is 5.64. The molecule has 0 unspecified atom stereocenters. The van der Waals surface area contributed by atoms with Crippen molar-refractivity contribution < 1.29 is 9.21 Å². The van der Waals surface area contributed by atoms with Crippen LogP contribution in [0.25, 0.3) is 0 Å². The van der Waals surface area contributed by atoms with Crippen molar-refractivity contribution in [3.63, 3.8) is 0 Å². The Labute approximate surface area is 73.1 Å². The van der Waals surface area contributed by atoms with Gasteiger partial charge < -0.3 is 9.32 Å². The van der Waals surface area contributed by atoms with Gasteiger partial charge in [0, 0.05) is 14.1 Å². The Morgan fingerprint density at radius 3 is 2.64 bits per heavy atom. The Hall–Kier alpha value is -0.770. The quantitative estimate of drug-likeness (QED) is 0.719. The van der Waals surface area contributed by atoms with Crippen LogP contribution in [0.2, 0.25) is 0 Å². The van der Waals surface area contributed by atoms with Crippen LogP contribution in [-0.2, 0) is 0 Å². The average Bonchev–Trinajstić information content (AvgIpc) is 2.33. The summed E-state index contributed by atoms with van der Waals surface area (Å²) in [6.45, 7) is 0. The number of furan rings is 1. The SMILES string of the molecule is CN(C)C(=O)c1occc1Br. The molecule has 0 saturated heterocycles. The fourth-order valence-electron chi connectivity index (χ4n) is 0.649. The van der Waals surface area contributed by atoms with Crippen molar-refractivity contribution in [1.82, 2.24) is 4.90 Å². The zero-order valence-electron chi connectivity index (χ0n) is 6.30. The molecule has 0 N–H and O–H groups in total. The zero-order valence-corrected chi connectivity index (χ0v) is 7.88. The molecule has 4 heteroatoms. The van der Waals surface area contributed by atoms with E-state index in [0.717, 1.165) is 0 Å². The van der Waals surface area contributed by atoms with Crippen molar-refractivity contribution in [3.8, 4) is 0 Å². The van der Waals surface area contributed by atoms with Crippen LogP contribution in [0, 0.1) is 0 Å². The zero-order chi connectivity index (χ0) is 8.43. The highest BCUT2D eigenvalue weighted by atomic mass is 79.9. The Kier molecular flexibility index (Phi) is 2.34. The van der Waals surface area contributed by atoms with Gasteiger partial charge in [-0.15, -0.1) is 0 Å². The van der Waals surface area contributed by atoms with Gasteiger partial charge in [0.05, 0.1) is 10.7 Å². The summed E-state index contributed by atoms with van der Waals surface area (Å²) in [4.78, 5) is 12.7. The van der Waals surface area contributed by atoms with Crippen molar-refractivity contribution in [2.75, 3.05) is 14.1 Å². The molecule has 0 radical (unpaired) electrons. The molecular formula is C7H8BrNO2. The predicted octanol–water partition coefficient (Wildman–Crippen LogP) is 1.74. The second-order valence-electron chi connectivity index (χ2n) is 2.30. The van der Waals surface area contributed by atoms with Gasteiger partial charge in [0.15, 0.2) is 0 Å². The van der Waals surface area contributed by atoms with Crippen molar-refractivity contribution in [2.24, 2.45) is 0 Å². The van der Waals surface area contributed by atoms with Gasteiger partial charge in [-0.05, 0) is 22.0 Å². The normalized spacial score (nSPS) is 9.73. The summed E-state index contributed by atoms with van der Waals surface area (Å²) in [6, 6.07) is 1.69. The third-order valence-corrected chi connectivity index (χ3v) is 1.84. The highest BCUT2D eigenvalue weighted by Gasteiger charge is 2.14. The van der Waals surface area contributed by atoms with E-state index in [9.17, 15) is 4.79 Å². The van der Waals surface area contributed by atoms with Crippen LogP contribution >= 0.6 is 15.9 Å². The molecule has 0 aliphatic heterocycles. The maximum Gasteiger partial charge on any atom is 0.290 e. The maximum absolute atomic E-state index is 11.2. The summed E-state index contributed by atoms with van der Waals surface area (Å²) >= 11 is 3.19. The Morgan fingerprint density at radius 1 is 1.64 bits per heavy atom. The Balaban J connectivity index is 2.93. The lowest BCUT2D eigenvalue weighted by Gasteiger charge is -2.06. The lowest BCUT2D eigenvalue weighted by Crippen LogP contribution is -2.21. The van der Waals surface area contributed by atoms with Crippen LogP contribution < -0.4 is 0 Å². The first-order valence-corrected chi connectivity index (χ1v) is 3.87. The first kappa shape index (κ1) is 8.33. The lowest BCUT2D eigenvalue weighted by molar-refractivity contribution is 0.0795. The van der Waals surface area contributed by atoms with E-state index in [0.29, 0.717) is 10.2 Å². The third-order valence-electron chi connectivity index (χ3n) is 1.22. The minimum atomic E-state index is -0.137. The second kappa shape index (κ2) is 3.09. The standard InChI is InChI=1S/C7H8BrNO2/c1-9(2)7(10)6-5(8)3-4-11-6/h3-4H,1-2H3. The number of carbonyl (C=O) groups is 1. The molecule has 1 aromatic rings. The Morgan fingerprint density at radius 2 is 2.27 bits per heavy atom. The fraction of sp³-hybridized carbons (Fsp3) is 0.286. The molecule has 1 aromatic heterocycles. The van der Waals surface area contributed by atoms with Crippen LogP contribution in [0.4, 0.5) is 0 Å². The average molecular weight is 218 g/mol. The van der Waals surface area contributed by atoms with E-state index < -0.39 is 0 Å². The van der Waals surface area contributed by atoms with E-state index >= 15 is 0 Å². The van der Waals surface area contributed by atoms with E-state index in [2.05, 4.69) is 15.9 Å². The van der Waals surface area contributed by atoms with Gasteiger partial charge in [-0.1, -0.05) is 0 Å². The smallest absolute Gasteiger partial charge is 0.290 e. The molecule has 1 rings (SSSR count). The molecule has 1 heterocycles. The summed E-state index contributed by atoms with van der Waals surface area (Å²) in [5, 5.41) is 0.